The summed E-state index contributed by atoms with van der Waals surface area (Å²) in [6.45, 7) is -1.44. The number of hydrogen-bond acceptors (Lipinski definition) is 5. The van der Waals surface area contributed by atoms with Gasteiger partial charge in [-0.15, -0.1) is 5.10 Å². The van der Waals surface area contributed by atoms with Crippen molar-refractivity contribution in [2.24, 2.45) is 0 Å². The Kier molecular flexibility index (Phi) is 4.63. The lowest BCUT2D eigenvalue weighted by Crippen LogP contribution is -2.19. The highest BCUT2D eigenvalue weighted by atomic mass is 35.5. The standard InChI is InChI=1S/C11H11ClF3N5O/c12-7-1-2-9(16)8(5-7)10-17-18-19-20(10)3-4-21-6-11(13,14)15/h1-2,5H,3-4,6,16H2. The van der Waals surface area contributed by atoms with Crippen molar-refractivity contribution in [3.63, 3.8) is 0 Å². The summed E-state index contributed by atoms with van der Waals surface area (Å²) in [7, 11) is 0. The molecule has 2 aromatic rings. The van der Waals surface area contributed by atoms with Gasteiger partial charge in [0.15, 0.2) is 5.82 Å². The number of alkyl halides is 3. The van der Waals surface area contributed by atoms with Gasteiger partial charge in [0.05, 0.1) is 13.2 Å². The quantitative estimate of drug-likeness (QED) is 0.674. The normalized spacial score (nSPS) is 11.8. The van der Waals surface area contributed by atoms with Crippen LogP contribution in [0, 0.1) is 0 Å². The molecule has 0 aliphatic heterocycles. The van der Waals surface area contributed by atoms with E-state index in [1.807, 2.05) is 0 Å². The fourth-order valence-electron chi connectivity index (χ4n) is 1.61. The van der Waals surface area contributed by atoms with Crippen molar-refractivity contribution >= 4 is 17.3 Å². The zero-order valence-corrected chi connectivity index (χ0v) is 11.4. The molecule has 0 saturated carbocycles. The first kappa shape index (κ1) is 15.5. The third-order valence-corrected chi connectivity index (χ3v) is 2.74. The van der Waals surface area contributed by atoms with Crippen LogP contribution in [0.2, 0.25) is 5.02 Å². The predicted molar refractivity (Wildman–Crippen MR) is 69.5 cm³/mol. The van der Waals surface area contributed by atoms with Gasteiger partial charge in [-0.2, -0.15) is 13.2 Å². The first-order valence-corrected chi connectivity index (χ1v) is 6.20. The summed E-state index contributed by atoms with van der Waals surface area (Å²) in [5.41, 5.74) is 6.73. The number of benzene rings is 1. The fraction of sp³-hybridized carbons (Fsp3) is 0.364. The van der Waals surface area contributed by atoms with Gasteiger partial charge in [-0.25, -0.2) is 4.68 Å². The van der Waals surface area contributed by atoms with E-state index in [0.29, 0.717) is 22.1 Å². The first-order valence-electron chi connectivity index (χ1n) is 5.83. The highest BCUT2D eigenvalue weighted by molar-refractivity contribution is 6.31. The molecular weight excluding hydrogens is 311 g/mol. The molecule has 2 rings (SSSR count). The van der Waals surface area contributed by atoms with E-state index >= 15 is 0 Å². The molecule has 0 atom stereocenters. The van der Waals surface area contributed by atoms with Gasteiger partial charge in [-0.05, 0) is 28.6 Å². The molecule has 0 bridgehead atoms. The first-order chi connectivity index (χ1) is 9.87. The van der Waals surface area contributed by atoms with Crippen molar-refractivity contribution in [1.82, 2.24) is 20.2 Å². The Hall–Kier alpha value is -1.87. The fourth-order valence-corrected chi connectivity index (χ4v) is 1.78. The SMILES string of the molecule is Nc1ccc(Cl)cc1-c1nnnn1CCOCC(F)(F)F. The van der Waals surface area contributed by atoms with Gasteiger partial charge in [0.25, 0.3) is 0 Å². The van der Waals surface area contributed by atoms with Crippen molar-refractivity contribution in [2.45, 2.75) is 12.7 Å². The van der Waals surface area contributed by atoms with Crippen LogP contribution < -0.4 is 5.73 Å². The molecule has 0 unspecified atom stereocenters. The Bertz CT molecular complexity index is 616. The van der Waals surface area contributed by atoms with Gasteiger partial charge in [-0.1, -0.05) is 11.6 Å². The molecule has 0 fully saturated rings. The minimum atomic E-state index is -4.36. The van der Waals surface area contributed by atoms with E-state index in [9.17, 15) is 13.2 Å². The number of aromatic nitrogens is 4. The van der Waals surface area contributed by atoms with Gasteiger partial charge < -0.3 is 10.5 Å². The Balaban J connectivity index is 2.07. The van der Waals surface area contributed by atoms with E-state index in [1.54, 1.807) is 18.2 Å². The van der Waals surface area contributed by atoms with Crippen molar-refractivity contribution < 1.29 is 17.9 Å². The van der Waals surface area contributed by atoms with E-state index in [2.05, 4.69) is 20.3 Å². The summed E-state index contributed by atoms with van der Waals surface area (Å²) >= 11 is 5.88. The molecule has 0 saturated heterocycles. The molecule has 2 N–H and O–H groups in total. The number of anilines is 1. The topological polar surface area (TPSA) is 78.9 Å². The van der Waals surface area contributed by atoms with Crippen LogP contribution in [-0.2, 0) is 11.3 Å². The molecule has 0 spiro atoms. The molecule has 21 heavy (non-hydrogen) atoms. The van der Waals surface area contributed by atoms with E-state index in [4.69, 9.17) is 17.3 Å². The van der Waals surface area contributed by atoms with Gasteiger partial charge >= 0.3 is 6.18 Å². The second kappa shape index (κ2) is 6.27. The maximum atomic E-state index is 12.0. The molecule has 1 heterocycles. The number of nitrogen functional groups attached to an aromatic ring is 1. The minimum Gasteiger partial charge on any atom is -0.398 e. The Labute approximate surface area is 122 Å². The van der Waals surface area contributed by atoms with Crippen LogP contribution in [0.5, 0.6) is 0 Å². The smallest absolute Gasteiger partial charge is 0.398 e. The molecule has 0 radical (unpaired) electrons. The average Bonchev–Trinajstić information content (AvgIpc) is 2.85. The van der Waals surface area contributed by atoms with Gasteiger partial charge in [0.2, 0.25) is 0 Å². The number of hydrogen-bond donors (Lipinski definition) is 1. The third-order valence-electron chi connectivity index (χ3n) is 2.50. The van der Waals surface area contributed by atoms with Crippen molar-refractivity contribution in [3.8, 4) is 11.4 Å². The summed E-state index contributed by atoms with van der Waals surface area (Å²) in [5.74, 6) is 0.311. The number of rotatable bonds is 5. The van der Waals surface area contributed by atoms with Gasteiger partial charge in [0, 0.05) is 16.3 Å². The largest absolute Gasteiger partial charge is 0.411 e. The number of halogens is 4. The van der Waals surface area contributed by atoms with Crippen LogP contribution >= 0.6 is 11.6 Å². The minimum absolute atomic E-state index is 0.0599. The molecule has 0 aliphatic rings. The van der Waals surface area contributed by atoms with Crippen molar-refractivity contribution in [1.29, 1.82) is 0 Å². The molecule has 114 valence electrons. The number of nitrogens with zero attached hydrogens (tertiary/aromatic N) is 4. The lowest BCUT2D eigenvalue weighted by Gasteiger charge is -2.09. The predicted octanol–water partition coefficient (Wildman–Crippen LogP) is 2.15. The van der Waals surface area contributed by atoms with Crippen LogP contribution in [0.1, 0.15) is 0 Å². The zero-order chi connectivity index (χ0) is 15.5. The highest BCUT2D eigenvalue weighted by Crippen LogP contribution is 2.26. The monoisotopic (exact) mass is 321 g/mol. The lowest BCUT2D eigenvalue weighted by molar-refractivity contribution is -0.174. The van der Waals surface area contributed by atoms with Crippen LogP contribution in [0.3, 0.4) is 0 Å². The van der Waals surface area contributed by atoms with Crippen LogP contribution in [0.4, 0.5) is 18.9 Å². The molecule has 1 aromatic heterocycles. The summed E-state index contributed by atoms with van der Waals surface area (Å²) < 4.78 is 41.7. The summed E-state index contributed by atoms with van der Waals surface area (Å²) in [6.07, 6.45) is -4.36. The maximum Gasteiger partial charge on any atom is 0.411 e. The van der Waals surface area contributed by atoms with Gasteiger partial charge in [0.1, 0.15) is 6.61 Å². The molecule has 0 amide bonds. The second-order valence-electron chi connectivity index (χ2n) is 4.12. The van der Waals surface area contributed by atoms with E-state index in [0.717, 1.165) is 0 Å². The van der Waals surface area contributed by atoms with Crippen LogP contribution in [0.15, 0.2) is 18.2 Å². The van der Waals surface area contributed by atoms with Crippen LogP contribution in [-0.4, -0.2) is 39.6 Å². The lowest BCUT2D eigenvalue weighted by atomic mass is 10.1. The van der Waals surface area contributed by atoms with E-state index in [1.165, 1.54) is 4.68 Å². The van der Waals surface area contributed by atoms with E-state index < -0.39 is 12.8 Å². The maximum absolute atomic E-state index is 12.0. The summed E-state index contributed by atoms with van der Waals surface area (Å²) in [6, 6.07) is 4.79. The molecule has 6 nitrogen and oxygen atoms in total. The highest BCUT2D eigenvalue weighted by Gasteiger charge is 2.27. The Morgan fingerprint density at radius 2 is 2.10 bits per heavy atom. The number of tetrazole rings is 1. The third kappa shape index (κ3) is 4.30. The molecule has 0 aliphatic carbocycles. The number of ether oxygens (including phenoxy) is 1. The Morgan fingerprint density at radius 1 is 1.33 bits per heavy atom. The average molecular weight is 322 g/mol. The summed E-state index contributed by atoms with van der Waals surface area (Å²) in [4.78, 5) is 0. The summed E-state index contributed by atoms with van der Waals surface area (Å²) in [5, 5.41) is 11.4. The zero-order valence-electron chi connectivity index (χ0n) is 10.6. The van der Waals surface area contributed by atoms with Crippen molar-refractivity contribution in [3.05, 3.63) is 23.2 Å². The van der Waals surface area contributed by atoms with Crippen LogP contribution in [0.25, 0.3) is 11.4 Å². The second-order valence-corrected chi connectivity index (χ2v) is 4.56. The van der Waals surface area contributed by atoms with Crippen molar-refractivity contribution in [2.75, 3.05) is 18.9 Å². The molecular formula is C11H11ClF3N5O. The van der Waals surface area contributed by atoms with E-state index in [-0.39, 0.29) is 13.2 Å². The molecule has 1 aromatic carbocycles. The molecule has 10 heteroatoms. The number of nitrogens with two attached hydrogens (primary N) is 1. The van der Waals surface area contributed by atoms with Gasteiger partial charge in [-0.3, -0.25) is 0 Å². The Morgan fingerprint density at radius 3 is 2.81 bits per heavy atom.